The number of nitrogens with zero attached hydrogens (tertiary/aromatic N) is 3. The molecule has 2 aliphatic rings. The fourth-order valence-electron chi connectivity index (χ4n) is 3.53. The quantitative estimate of drug-likeness (QED) is 0.849. The Kier molecular flexibility index (Phi) is 6.48. The van der Waals surface area contributed by atoms with E-state index in [0.29, 0.717) is 24.6 Å². The Morgan fingerprint density at radius 3 is 2.58 bits per heavy atom. The highest BCUT2D eigenvalue weighted by atomic mass is 32.1. The number of amides is 2. The monoisotopic (exact) mass is 380 g/mol. The summed E-state index contributed by atoms with van der Waals surface area (Å²) in [7, 11) is 0. The molecule has 2 saturated heterocycles. The first-order valence-electron chi connectivity index (χ1n) is 9.48. The number of thiazole rings is 1. The highest BCUT2D eigenvalue weighted by Gasteiger charge is 2.26. The molecule has 1 aromatic heterocycles. The molecule has 0 unspecified atom stereocenters. The van der Waals surface area contributed by atoms with Crippen molar-refractivity contribution in [1.82, 2.24) is 20.1 Å². The standard InChI is InChI=1S/C18H28N4O3S/c1-3-25-18(24)22-10-6-14(7-11-22)20-17(23)16-13(2)19-15(26-16)12-21-8-4-5-9-21/h14H,3-12H2,1-2H3,(H,20,23). The van der Waals surface area contributed by atoms with E-state index in [1.165, 1.54) is 24.2 Å². The lowest BCUT2D eigenvalue weighted by molar-refractivity contribution is 0.0862. The van der Waals surface area contributed by atoms with Crippen molar-refractivity contribution >= 4 is 23.3 Å². The van der Waals surface area contributed by atoms with Crippen LogP contribution < -0.4 is 5.32 Å². The second kappa shape index (κ2) is 8.81. The number of carbonyl (C=O) groups is 2. The first-order valence-corrected chi connectivity index (χ1v) is 10.3. The SMILES string of the molecule is CCOC(=O)N1CCC(NC(=O)c2sc(CN3CCCC3)nc2C)CC1. The molecule has 0 bridgehead atoms. The fourth-order valence-corrected chi connectivity index (χ4v) is 4.55. The maximum Gasteiger partial charge on any atom is 0.409 e. The summed E-state index contributed by atoms with van der Waals surface area (Å²) in [4.78, 5) is 33.8. The smallest absolute Gasteiger partial charge is 0.409 e. The summed E-state index contributed by atoms with van der Waals surface area (Å²) in [6.45, 7) is 8.43. The Labute approximate surface area is 158 Å². The van der Waals surface area contributed by atoms with Crippen molar-refractivity contribution in [3.05, 3.63) is 15.6 Å². The van der Waals surface area contributed by atoms with Gasteiger partial charge in [0.15, 0.2) is 0 Å². The van der Waals surface area contributed by atoms with Crippen LogP contribution in [0.25, 0.3) is 0 Å². The van der Waals surface area contributed by atoms with E-state index in [1.807, 2.05) is 6.92 Å². The van der Waals surface area contributed by atoms with Crippen LogP contribution in [0.5, 0.6) is 0 Å². The molecule has 26 heavy (non-hydrogen) atoms. The molecular formula is C18H28N4O3S. The zero-order chi connectivity index (χ0) is 18.5. The van der Waals surface area contributed by atoms with Crippen molar-refractivity contribution in [2.45, 2.75) is 52.1 Å². The van der Waals surface area contributed by atoms with Gasteiger partial charge in [0.2, 0.25) is 0 Å². The highest BCUT2D eigenvalue weighted by molar-refractivity contribution is 7.13. The van der Waals surface area contributed by atoms with Gasteiger partial charge >= 0.3 is 6.09 Å². The molecule has 8 heteroatoms. The fraction of sp³-hybridized carbons (Fsp3) is 0.722. The van der Waals surface area contributed by atoms with E-state index in [-0.39, 0.29) is 18.0 Å². The number of hydrogen-bond acceptors (Lipinski definition) is 6. The molecule has 0 aliphatic carbocycles. The summed E-state index contributed by atoms with van der Waals surface area (Å²) in [5, 5.41) is 4.13. The molecule has 2 amide bonds. The first kappa shape index (κ1) is 19.1. The predicted molar refractivity (Wildman–Crippen MR) is 100 cm³/mol. The van der Waals surface area contributed by atoms with Gasteiger partial charge in [-0.2, -0.15) is 0 Å². The lowest BCUT2D eigenvalue weighted by Gasteiger charge is -2.31. The maximum atomic E-state index is 12.6. The third-order valence-electron chi connectivity index (χ3n) is 4.96. The molecular weight excluding hydrogens is 352 g/mol. The molecule has 0 radical (unpaired) electrons. The van der Waals surface area contributed by atoms with Crippen molar-refractivity contribution in [2.75, 3.05) is 32.8 Å². The van der Waals surface area contributed by atoms with E-state index in [9.17, 15) is 9.59 Å². The van der Waals surface area contributed by atoms with Crippen LogP contribution in [-0.4, -0.2) is 65.6 Å². The number of carbonyl (C=O) groups excluding carboxylic acids is 2. The first-order chi connectivity index (χ1) is 12.6. The van der Waals surface area contributed by atoms with Gasteiger partial charge in [0, 0.05) is 19.1 Å². The summed E-state index contributed by atoms with van der Waals surface area (Å²) >= 11 is 1.51. The normalized spacial score (nSPS) is 18.9. The molecule has 2 fully saturated rings. The van der Waals surface area contributed by atoms with Crippen LogP contribution >= 0.6 is 11.3 Å². The minimum absolute atomic E-state index is 0.0396. The van der Waals surface area contributed by atoms with Crippen LogP contribution in [0.3, 0.4) is 0 Å². The molecule has 1 aromatic rings. The summed E-state index contributed by atoms with van der Waals surface area (Å²) in [6, 6.07) is 0.0942. The largest absolute Gasteiger partial charge is 0.450 e. The van der Waals surface area contributed by atoms with Crippen LogP contribution in [0, 0.1) is 6.92 Å². The van der Waals surface area contributed by atoms with Crippen molar-refractivity contribution < 1.29 is 14.3 Å². The van der Waals surface area contributed by atoms with E-state index in [2.05, 4.69) is 15.2 Å². The molecule has 1 N–H and O–H groups in total. The Balaban J connectivity index is 1.50. The lowest BCUT2D eigenvalue weighted by atomic mass is 10.1. The van der Waals surface area contributed by atoms with E-state index in [1.54, 1.807) is 11.8 Å². The molecule has 0 atom stereocenters. The van der Waals surface area contributed by atoms with Crippen LogP contribution in [0.4, 0.5) is 4.79 Å². The number of nitrogens with one attached hydrogen (secondary N) is 1. The Morgan fingerprint density at radius 2 is 1.92 bits per heavy atom. The molecule has 0 spiro atoms. The van der Waals surface area contributed by atoms with Crippen LogP contribution in [0.15, 0.2) is 0 Å². The summed E-state index contributed by atoms with van der Waals surface area (Å²) in [5.74, 6) is -0.0396. The topological polar surface area (TPSA) is 74.8 Å². The minimum Gasteiger partial charge on any atom is -0.450 e. The van der Waals surface area contributed by atoms with Gasteiger partial charge in [-0.1, -0.05) is 0 Å². The Morgan fingerprint density at radius 1 is 1.23 bits per heavy atom. The molecule has 3 heterocycles. The van der Waals surface area contributed by atoms with Gasteiger partial charge in [-0.15, -0.1) is 11.3 Å². The highest BCUT2D eigenvalue weighted by Crippen LogP contribution is 2.22. The van der Waals surface area contributed by atoms with Crippen molar-refractivity contribution in [2.24, 2.45) is 0 Å². The molecule has 0 aromatic carbocycles. The number of rotatable bonds is 5. The zero-order valence-electron chi connectivity index (χ0n) is 15.6. The molecule has 2 aliphatic heterocycles. The Bertz CT molecular complexity index is 634. The number of piperidine rings is 1. The minimum atomic E-state index is -0.262. The van der Waals surface area contributed by atoms with Gasteiger partial charge in [0.1, 0.15) is 9.88 Å². The number of aryl methyl sites for hydroxylation is 1. The number of aromatic nitrogens is 1. The molecule has 3 rings (SSSR count). The second-order valence-electron chi connectivity index (χ2n) is 6.94. The summed E-state index contributed by atoms with van der Waals surface area (Å²) < 4.78 is 5.03. The zero-order valence-corrected chi connectivity index (χ0v) is 16.4. The van der Waals surface area contributed by atoms with Gasteiger partial charge in [0.05, 0.1) is 18.8 Å². The third-order valence-corrected chi connectivity index (χ3v) is 6.10. The van der Waals surface area contributed by atoms with Crippen molar-refractivity contribution in [3.8, 4) is 0 Å². The van der Waals surface area contributed by atoms with Gasteiger partial charge in [-0.3, -0.25) is 9.69 Å². The van der Waals surface area contributed by atoms with E-state index in [4.69, 9.17) is 4.74 Å². The van der Waals surface area contributed by atoms with Crippen molar-refractivity contribution in [3.63, 3.8) is 0 Å². The average Bonchev–Trinajstić information content (AvgIpc) is 3.25. The van der Waals surface area contributed by atoms with Crippen LogP contribution in [0.1, 0.15) is 53.0 Å². The number of ether oxygens (including phenoxy) is 1. The maximum absolute atomic E-state index is 12.6. The van der Waals surface area contributed by atoms with Gasteiger partial charge in [-0.05, 0) is 52.6 Å². The van der Waals surface area contributed by atoms with Gasteiger partial charge < -0.3 is 15.0 Å². The molecule has 7 nitrogen and oxygen atoms in total. The van der Waals surface area contributed by atoms with Crippen LogP contribution in [-0.2, 0) is 11.3 Å². The van der Waals surface area contributed by atoms with Crippen molar-refractivity contribution in [1.29, 1.82) is 0 Å². The average molecular weight is 381 g/mol. The number of hydrogen-bond donors (Lipinski definition) is 1. The third kappa shape index (κ3) is 4.73. The summed E-state index contributed by atoms with van der Waals surface area (Å²) in [5.41, 5.74) is 0.811. The van der Waals surface area contributed by atoms with E-state index < -0.39 is 0 Å². The van der Waals surface area contributed by atoms with E-state index in [0.717, 1.165) is 43.2 Å². The summed E-state index contributed by atoms with van der Waals surface area (Å²) in [6.07, 6.45) is 3.75. The second-order valence-corrected chi connectivity index (χ2v) is 8.02. The predicted octanol–water partition coefficient (Wildman–Crippen LogP) is 2.40. The number of likely N-dealkylation sites (tertiary alicyclic amines) is 2. The molecule has 144 valence electrons. The lowest BCUT2D eigenvalue weighted by Crippen LogP contribution is -2.46. The van der Waals surface area contributed by atoms with Gasteiger partial charge in [-0.25, -0.2) is 9.78 Å². The Hall–Kier alpha value is -1.67. The van der Waals surface area contributed by atoms with Crippen LogP contribution in [0.2, 0.25) is 0 Å². The molecule has 0 saturated carbocycles. The van der Waals surface area contributed by atoms with Gasteiger partial charge in [0.25, 0.3) is 5.91 Å². The van der Waals surface area contributed by atoms with E-state index >= 15 is 0 Å².